The van der Waals surface area contributed by atoms with Crippen LogP contribution in [-0.2, 0) is 0 Å². The molecule has 7 nitrogen and oxygen atoms in total. The van der Waals surface area contributed by atoms with E-state index in [1.54, 1.807) is 4.90 Å². The van der Waals surface area contributed by atoms with Crippen LogP contribution < -0.4 is 5.73 Å². The number of nitrogens with two attached hydrogens (primary N) is 1. The van der Waals surface area contributed by atoms with Crippen LogP contribution in [0.5, 0.6) is 0 Å². The highest BCUT2D eigenvalue weighted by atomic mass is 16.2. The third kappa shape index (κ3) is 2.05. The summed E-state index contributed by atoms with van der Waals surface area (Å²) >= 11 is 0. The van der Waals surface area contributed by atoms with Gasteiger partial charge in [0.1, 0.15) is 0 Å². The van der Waals surface area contributed by atoms with E-state index in [1.165, 1.54) is 6.20 Å². The van der Waals surface area contributed by atoms with Crippen molar-refractivity contribution in [2.45, 2.75) is 6.04 Å². The number of carbonyl (C=O) groups is 1. The fraction of sp³-hybridized carbons (Fsp3) is 0.667. The Kier molecular flexibility index (Phi) is 3.16. The van der Waals surface area contributed by atoms with Crippen molar-refractivity contribution in [3.8, 4) is 0 Å². The van der Waals surface area contributed by atoms with E-state index >= 15 is 0 Å². The van der Waals surface area contributed by atoms with Crippen molar-refractivity contribution >= 4 is 5.91 Å². The zero-order valence-electron chi connectivity index (χ0n) is 9.26. The van der Waals surface area contributed by atoms with Crippen molar-refractivity contribution in [1.29, 1.82) is 0 Å². The fourth-order valence-corrected chi connectivity index (χ4v) is 1.93. The van der Waals surface area contributed by atoms with Gasteiger partial charge < -0.3 is 15.5 Å². The quantitative estimate of drug-likeness (QED) is 0.639. The number of nitrogens with zero attached hydrogens (tertiary/aromatic N) is 4. The molecule has 0 radical (unpaired) electrons. The maximum Gasteiger partial charge on any atom is 0.276 e. The van der Waals surface area contributed by atoms with Crippen molar-refractivity contribution < 1.29 is 4.79 Å². The van der Waals surface area contributed by atoms with Gasteiger partial charge in [-0.15, -0.1) is 0 Å². The number of aromatic amines is 1. The Morgan fingerprint density at radius 3 is 3.12 bits per heavy atom. The molecule has 16 heavy (non-hydrogen) atoms. The van der Waals surface area contributed by atoms with E-state index in [0.29, 0.717) is 18.8 Å². The van der Waals surface area contributed by atoms with Gasteiger partial charge in [0.2, 0.25) is 0 Å². The summed E-state index contributed by atoms with van der Waals surface area (Å²) in [4.78, 5) is 16.0. The van der Waals surface area contributed by atoms with Gasteiger partial charge in [-0.1, -0.05) is 0 Å². The minimum atomic E-state index is -0.0997. The molecule has 0 aromatic carbocycles. The number of H-pyrrole nitrogens is 1. The molecule has 3 N–H and O–H groups in total. The van der Waals surface area contributed by atoms with E-state index in [-0.39, 0.29) is 11.9 Å². The summed E-state index contributed by atoms with van der Waals surface area (Å²) in [6.45, 7) is 2.82. The minimum absolute atomic E-state index is 0.0583. The Bertz CT molecular complexity index is 351. The number of piperazine rings is 1. The van der Waals surface area contributed by atoms with Crippen LogP contribution in [-0.4, -0.2) is 70.4 Å². The molecule has 88 valence electrons. The van der Waals surface area contributed by atoms with Crippen LogP contribution in [0.4, 0.5) is 0 Å². The SMILES string of the molecule is CN1CCN(C(=O)c2cn[nH]n2)C(CN)C1. The second-order valence-corrected chi connectivity index (χ2v) is 4.01. The molecular formula is C9H16N6O. The molecule has 7 heteroatoms. The molecule has 1 aliphatic rings. The summed E-state index contributed by atoms with van der Waals surface area (Å²) < 4.78 is 0. The monoisotopic (exact) mass is 224 g/mol. The number of likely N-dealkylation sites (N-methyl/N-ethyl adjacent to an activating group) is 1. The lowest BCUT2D eigenvalue weighted by atomic mass is 10.1. The van der Waals surface area contributed by atoms with Gasteiger partial charge in [-0.3, -0.25) is 4.79 Å². The summed E-state index contributed by atoms with van der Waals surface area (Å²) in [6.07, 6.45) is 1.44. The molecule has 1 aromatic rings. The smallest absolute Gasteiger partial charge is 0.276 e. The molecule has 0 saturated carbocycles. The van der Waals surface area contributed by atoms with E-state index in [4.69, 9.17) is 5.73 Å². The summed E-state index contributed by atoms with van der Waals surface area (Å²) in [5.41, 5.74) is 6.03. The Balaban J connectivity index is 2.10. The van der Waals surface area contributed by atoms with Crippen molar-refractivity contribution in [2.24, 2.45) is 5.73 Å². The van der Waals surface area contributed by atoms with Gasteiger partial charge >= 0.3 is 0 Å². The summed E-state index contributed by atoms with van der Waals surface area (Å²) in [5.74, 6) is -0.0997. The lowest BCUT2D eigenvalue weighted by Gasteiger charge is -2.39. The topological polar surface area (TPSA) is 91.1 Å². The molecule has 1 fully saturated rings. The predicted molar refractivity (Wildman–Crippen MR) is 57.8 cm³/mol. The number of amides is 1. The van der Waals surface area contributed by atoms with Crippen molar-refractivity contribution in [1.82, 2.24) is 25.2 Å². The van der Waals surface area contributed by atoms with Crippen LogP contribution >= 0.6 is 0 Å². The molecule has 1 aromatic heterocycles. The van der Waals surface area contributed by atoms with Crippen molar-refractivity contribution in [2.75, 3.05) is 33.2 Å². The van der Waals surface area contributed by atoms with Gasteiger partial charge in [-0.2, -0.15) is 15.4 Å². The lowest BCUT2D eigenvalue weighted by molar-refractivity contribution is 0.0510. The zero-order chi connectivity index (χ0) is 11.5. The molecule has 1 unspecified atom stereocenters. The summed E-state index contributed by atoms with van der Waals surface area (Å²) in [7, 11) is 2.03. The van der Waals surface area contributed by atoms with E-state index in [9.17, 15) is 4.79 Å². The van der Waals surface area contributed by atoms with Gasteiger partial charge in [0.05, 0.1) is 12.2 Å². The van der Waals surface area contributed by atoms with Gasteiger partial charge in [0.15, 0.2) is 5.69 Å². The minimum Gasteiger partial charge on any atom is -0.330 e. The average molecular weight is 224 g/mol. The number of hydrogen-bond acceptors (Lipinski definition) is 5. The van der Waals surface area contributed by atoms with E-state index in [2.05, 4.69) is 20.3 Å². The van der Waals surface area contributed by atoms with E-state index in [1.807, 2.05) is 7.05 Å². The first-order valence-corrected chi connectivity index (χ1v) is 5.27. The van der Waals surface area contributed by atoms with Crippen molar-refractivity contribution in [3.05, 3.63) is 11.9 Å². The number of hydrogen-bond donors (Lipinski definition) is 2. The molecule has 1 aliphatic heterocycles. The zero-order valence-corrected chi connectivity index (χ0v) is 9.26. The van der Waals surface area contributed by atoms with Gasteiger partial charge in [-0.05, 0) is 7.05 Å². The van der Waals surface area contributed by atoms with Crippen LogP contribution in [0.1, 0.15) is 10.5 Å². The average Bonchev–Trinajstić information content (AvgIpc) is 2.81. The van der Waals surface area contributed by atoms with Crippen LogP contribution in [0.15, 0.2) is 6.20 Å². The molecule has 0 spiro atoms. The van der Waals surface area contributed by atoms with Gasteiger partial charge in [0.25, 0.3) is 5.91 Å². The largest absolute Gasteiger partial charge is 0.330 e. The normalized spacial score (nSPS) is 22.4. The lowest BCUT2D eigenvalue weighted by Crippen LogP contribution is -2.56. The highest BCUT2D eigenvalue weighted by molar-refractivity contribution is 5.92. The first-order chi connectivity index (χ1) is 7.72. The molecule has 0 bridgehead atoms. The van der Waals surface area contributed by atoms with E-state index < -0.39 is 0 Å². The standard InChI is InChI=1S/C9H16N6O/c1-14-2-3-15(7(4-10)6-14)9(16)8-5-11-13-12-8/h5,7H,2-4,6,10H2,1H3,(H,11,12,13). The maximum atomic E-state index is 12.1. The second-order valence-electron chi connectivity index (χ2n) is 4.01. The maximum absolute atomic E-state index is 12.1. The first kappa shape index (κ1) is 11.0. The molecule has 1 atom stereocenters. The fourth-order valence-electron chi connectivity index (χ4n) is 1.93. The van der Waals surface area contributed by atoms with E-state index in [0.717, 1.165) is 13.1 Å². The highest BCUT2D eigenvalue weighted by Crippen LogP contribution is 2.10. The van der Waals surface area contributed by atoms with Crippen LogP contribution in [0.2, 0.25) is 0 Å². The second kappa shape index (κ2) is 4.58. The Hall–Kier alpha value is -1.47. The Morgan fingerprint density at radius 2 is 2.50 bits per heavy atom. The number of rotatable bonds is 2. The summed E-state index contributed by atoms with van der Waals surface area (Å²) in [5, 5.41) is 9.88. The molecule has 2 heterocycles. The molecule has 1 saturated heterocycles. The predicted octanol–water partition coefficient (Wildman–Crippen LogP) is -1.48. The van der Waals surface area contributed by atoms with Crippen LogP contribution in [0.25, 0.3) is 0 Å². The first-order valence-electron chi connectivity index (χ1n) is 5.27. The highest BCUT2D eigenvalue weighted by Gasteiger charge is 2.29. The molecular weight excluding hydrogens is 208 g/mol. The number of nitrogens with one attached hydrogen (secondary N) is 1. The number of aromatic nitrogens is 3. The number of carbonyl (C=O) groups excluding carboxylic acids is 1. The van der Waals surface area contributed by atoms with Crippen LogP contribution in [0.3, 0.4) is 0 Å². The third-order valence-corrected chi connectivity index (χ3v) is 2.85. The Labute approximate surface area is 93.6 Å². The Morgan fingerprint density at radius 1 is 1.69 bits per heavy atom. The third-order valence-electron chi connectivity index (χ3n) is 2.85. The molecule has 1 amide bonds. The van der Waals surface area contributed by atoms with Crippen LogP contribution in [0, 0.1) is 0 Å². The molecule has 0 aliphatic carbocycles. The summed E-state index contributed by atoms with van der Waals surface area (Å²) in [6, 6.07) is 0.0583. The van der Waals surface area contributed by atoms with Gasteiger partial charge in [-0.25, -0.2) is 0 Å². The van der Waals surface area contributed by atoms with Crippen molar-refractivity contribution in [3.63, 3.8) is 0 Å². The van der Waals surface area contributed by atoms with Gasteiger partial charge in [0, 0.05) is 26.2 Å². The molecule has 2 rings (SSSR count).